The Bertz CT molecular complexity index is 374. The Balaban J connectivity index is 1.50. The van der Waals surface area contributed by atoms with Crippen LogP contribution < -0.4 is 5.32 Å². The van der Waals surface area contributed by atoms with E-state index in [9.17, 15) is 0 Å². The fourth-order valence-corrected chi connectivity index (χ4v) is 2.88. The molecule has 2 aliphatic rings. The molecule has 3 heteroatoms. The first kappa shape index (κ1) is 11.2. The second-order valence-corrected chi connectivity index (χ2v) is 5.11. The third-order valence-electron chi connectivity index (χ3n) is 3.93. The van der Waals surface area contributed by atoms with Gasteiger partial charge in [-0.15, -0.1) is 0 Å². The first-order valence-electron chi connectivity index (χ1n) is 6.68. The predicted octanol–water partition coefficient (Wildman–Crippen LogP) is 2.09. The molecule has 0 radical (unpaired) electrons. The summed E-state index contributed by atoms with van der Waals surface area (Å²) in [4.78, 5) is 4.50. The van der Waals surface area contributed by atoms with E-state index in [1.165, 1.54) is 36.9 Å². The van der Waals surface area contributed by atoms with Crippen LogP contribution in [0.4, 0.5) is 0 Å². The summed E-state index contributed by atoms with van der Waals surface area (Å²) >= 11 is 0. The summed E-state index contributed by atoms with van der Waals surface area (Å²) in [6, 6.07) is 4.72. The molecule has 2 heterocycles. The highest BCUT2D eigenvalue weighted by Gasteiger charge is 2.23. The highest BCUT2D eigenvalue weighted by atomic mass is 16.5. The van der Waals surface area contributed by atoms with Gasteiger partial charge in [-0.25, -0.2) is 0 Å². The van der Waals surface area contributed by atoms with E-state index in [0.29, 0.717) is 6.04 Å². The second kappa shape index (κ2) is 5.15. The molecular weight excluding hydrogens is 212 g/mol. The summed E-state index contributed by atoms with van der Waals surface area (Å²) in [6.07, 6.45) is 6.75. The highest BCUT2D eigenvalue weighted by Crippen LogP contribution is 2.28. The quantitative estimate of drug-likeness (QED) is 0.863. The average Bonchev–Trinajstić information content (AvgIpc) is 2.99. The van der Waals surface area contributed by atoms with Gasteiger partial charge in [-0.05, 0) is 49.8 Å². The zero-order valence-corrected chi connectivity index (χ0v) is 10.2. The van der Waals surface area contributed by atoms with Crippen molar-refractivity contribution in [3.8, 4) is 0 Å². The van der Waals surface area contributed by atoms with Crippen molar-refractivity contribution in [2.75, 3.05) is 19.8 Å². The summed E-state index contributed by atoms with van der Waals surface area (Å²) in [5.41, 5.74) is 2.70. The normalized spacial score (nSPS) is 27.3. The topological polar surface area (TPSA) is 34.2 Å². The Morgan fingerprint density at radius 2 is 2.41 bits per heavy atom. The van der Waals surface area contributed by atoms with Crippen LogP contribution in [0.1, 0.15) is 36.6 Å². The monoisotopic (exact) mass is 232 g/mol. The van der Waals surface area contributed by atoms with Crippen molar-refractivity contribution < 1.29 is 4.74 Å². The van der Waals surface area contributed by atoms with Crippen LogP contribution in [-0.4, -0.2) is 24.7 Å². The van der Waals surface area contributed by atoms with E-state index < -0.39 is 0 Å². The minimum absolute atomic E-state index is 0.480. The van der Waals surface area contributed by atoms with Crippen LogP contribution in [0.15, 0.2) is 18.3 Å². The fraction of sp³-hybridized carbons (Fsp3) is 0.643. The van der Waals surface area contributed by atoms with Crippen LogP contribution in [0, 0.1) is 5.92 Å². The molecule has 0 saturated carbocycles. The number of pyridine rings is 1. The number of rotatable bonds is 4. The van der Waals surface area contributed by atoms with Gasteiger partial charge >= 0.3 is 0 Å². The van der Waals surface area contributed by atoms with Crippen molar-refractivity contribution in [3.63, 3.8) is 0 Å². The molecule has 3 nitrogen and oxygen atoms in total. The molecule has 0 bridgehead atoms. The van der Waals surface area contributed by atoms with Gasteiger partial charge in [0.15, 0.2) is 0 Å². The van der Waals surface area contributed by atoms with Crippen LogP contribution in [0.2, 0.25) is 0 Å². The van der Waals surface area contributed by atoms with Crippen LogP contribution in [0.5, 0.6) is 0 Å². The van der Waals surface area contributed by atoms with Crippen molar-refractivity contribution in [2.45, 2.75) is 31.7 Å². The van der Waals surface area contributed by atoms with E-state index in [2.05, 4.69) is 16.4 Å². The van der Waals surface area contributed by atoms with Crippen molar-refractivity contribution in [1.29, 1.82) is 0 Å². The maximum Gasteiger partial charge on any atom is 0.0605 e. The van der Waals surface area contributed by atoms with Crippen molar-refractivity contribution >= 4 is 0 Å². The number of hydrogen-bond donors (Lipinski definition) is 1. The zero-order chi connectivity index (χ0) is 11.5. The smallest absolute Gasteiger partial charge is 0.0605 e. The lowest BCUT2D eigenvalue weighted by atomic mass is 10.1. The van der Waals surface area contributed by atoms with Gasteiger partial charge in [0.25, 0.3) is 0 Å². The molecule has 0 spiro atoms. The molecule has 1 aliphatic heterocycles. The summed E-state index contributed by atoms with van der Waals surface area (Å²) in [5.74, 6) is 0.770. The molecule has 0 aromatic carbocycles. The number of nitrogens with one attached hydrogen (secondary N) is 1. The average molecular weight is 232 g/mol. The van der Waals surface area contributed by atoms with Crippen molar-refractivity contribution in [3.05, 3.63) is 29.6 Å². The molecule has 2 unspecified atom stereocenters. The molecule has 1 saturated heterocycles. The molecule has 17 heavy (non-hydrogen) atoms. The molecule has 1 aromatic heterocycles. The lowest BCUT2D eigenvalue weighted by molar-refractivity contribution is 0.184. The molecule has 0 amide bonds. The van der Waals surface area contributed by atoms with Gasteiger partial charge in [0, 0.05) is 19.4 Å². The molecule has 1 fully saturated rings. The van der Waals surface area contributed by atoms with E-state index >= 15 is 0 Å². The number of nitrogens with zero attached hydrogens (tertiary/aromatic N) is 1. The Morgan fingerprint density at radius 3 is 3.29 bits per heavy atom. The fourth-order valence-electron chi connectivity index (χ4n) is 2.88. The first-order valence-corrected chi connectivity index (χ1v) is 6.68. The van der Waals surface area contributed by atoms with Gasteiger partial charge in [-0.2, -0.15) is 0 Å². The number of aromatic nitrogens is 1. The molecule has 1 N–H and O–H groups in total. The number of aryl methyl sites for hydroxylation is 1. The van der Waals surface area contributed by atoms with E-state index in [4.69, 9.17) is 4.74 Å². The van der Waals surface area contributed by atoms with Gasteiger partial charge in [0.05, 0.1) is 11.7 Å². The summed E-state index contributed by atoms with van der Waals surface area (Å²) in [6.45, 7) is 3.01. The van der Waals surface area contributed by atoms with Gasteiger partial charge in [0.1, 0.15) is 0 Å². The van der Waals surface area contributed by atoms with Gasteiger partial charge < -0.3 is 10.1 Å². The van der Waals surface area contributed by atoms with E-state index in [0.717, 1.165) is 25.7 Å². The molecule has 3 rings (SSSR count). The SMILES string of the molecule is c1cnc2c(c1)CCC2NCCC1CCOC1. The minimum Gasteiger partial charge on any atom is -0.381 e. The number of ether oxygens (including phenoxy) is 1. The van der Waals surface area contributed by atoms with Gasteiger partial charge in [-0.1, -0.05) is 6.07 Å². The third-order valence-corrected chi connectivity index (χ3v) is 3.93. The van der Waals surface area contributed by atoms with Crippen molar-refractivity contribution in [2.24, 2.45) is 5.92 Å². The molecule has 92 valence electrons. The van der Waals surface area contributed by atoms with E-state index in [1.807, 2.05) is 12.3 Å². The van der Waals surface area contributed by atoms with Gasteiger partial charge in [0.2, 0.25) is 0 Å². The van der Waals surface area contributed by atoms with E-state index in [1.54, 1.807) is 0 Å². The Morgan fingerprint density at radius 1 is 1.41 bits per heavy atom. The van der Waals surface area contributed by atoms with Crippen LogP contribution in [-0.2, 0) is 11.2 Å². The molecule has 1 aliphatic carbocycles. The predicted molar refractivity (Wildman–Crippen MR) is 66.8 cm³/mol. The first-order chi connectivity index (χ1) is 8.43. The van der Waals surface area contributed by atoms with Gasteiger partial charge in [-0.3, -0.25) is 4.98 Å². The lowest BCUT2D eigenvalue weighted by Gasteiger charge is -2.14. The molecule has 2 atom stereocenters. The lowest BCUT2D eigenvalue weighted by Crippen LogP contribution is -2.23. The number of fused-ring (bicyclic) bond motifs is 1. The van der Waals surface area contributed by atoms with Crippen molar-refractivity contribution in [1.82, 2.24) is 10.3 Å². The Kier molecular flexibility index (Phi) is 3.39. The minimum atomic E-state index is 0.480. The second-order valence-electron chi connectivity index (χ2n) is 5.11. The Labute approximate surface area is 103 Å². The largest absolute Gasteiger partial charge is 0.381 e. The van der Waals surface area contributed by atoms with Crippen LogP contribution >= 0.6 is 0 Å². The Hall–Kier alpha value is -0.930. The highest BCUT2D eigenvalue weighted by molar-refractivity contribution is 5.27. The summed E-state index contributed by atoms with van der Waals surface area (Å²) < 4.78 is 5.40. The maximum absolute atomic E-state index is 5.40. The third kappa shape index (κ3) is 2.50. The van der Waals surface area contributed by atoms with Crippen LogP contribution in [0.25, 0.3) is 0 Å². The standard InChI is InChI=1S/C14H20N2O/c1-2-12-3-4-13(14(12)16-7-1)15-8-5-11-6-9-17-10-11/h1-2,7,11,13,15H,3-6,8-10H2. The van der Waals surface area contributed by atoms with E-state index in [-0.39, 0.29) is 0 Å². The van der Waals surface area contributed by atoms with Crippen LogP contribution in [0.3, 0.4) is 0 Å². The molecule has 1 aromatic rings. The number of hydrogen-bond acceptors (Lipinski definition) is 3. The maximum atomic E-state index is 5.40. The summed E-state index contributed by atoms with van der Waals surface area (Å²) in [7, 11) is 0. The zero-order valence-electron chi connectivity index (χ0n) is 10.2. The summed E-state index contributed by atoms with van der Waals surface area (Å²) in [5, 5.41) is 3.65. The molecular formula is C14H20N2O.